The summed E-state index contributed by atoms with van der Waals surface area (Å²) in [6, 6.07) is 0.657. The average molecular weight is 179 g/mol. The van der Waals surface area contributed by atoms with E-state index in [9.17, 15) is 0 Å². The maximum absolute atomic E-state index is 4.14. The molecule has 1 unspecified atom stereocenters. The fourth-order valence-electron chi connectivity index (χ4n) is 1.76. The smallest absolute Gasteiger partial charge is 0.0728 e. The molecule has 0 spiro atoms. The van der Waals surface area contributed by atoms with Crippen LogP contribution in [0.3, 0.4) is 0 Å². The van der Waals surface area contributed by atoms with Gasteiger partial charge in [0.15, 0.2) is 0 Å². The third kappa shape index (κ3) is 2.02. The number of aromatic nitrogens is 2. The molecule has 1 aromatic heterocycles. The summed E-state index contributed by atoms with van der Waals surface area (Å²) in [6.45, 7) is 2.24. The average Bonchev–Trinajstić information content (AvgIpc) is 2.87. The maximum Gasteiger partial charge on any atom is 0.0728 e. The monoisotopic (exact) mass is 179 g/mol. The molecule has 1 heterocycles. The van der Waals surface area contributed by atoms with Crippen molar-refractivity contribution in [1.29, 1.82) is 0 Å². The first kappa shape index (κ1) is 8.60. The summed E-state index contributed by atoms with van der Waals surface area (Å²) in [5, 5.41) is 7.67. The van der Waals surface area contributed by atoms with Crippen molar-refractivity contribution in [3.8, 4) is 0 Å². The number of hydrogen-bond acceptors (Lipinski definition) is 2. The highest BCUT2D eigenvalue weighted by Gasteiger charge is 2.29. The van der Waals surface area contributed by atoms with E-state index in [0.29, 0.717) is 6.04 Å². The second-order valence-electron chi connectivity index (χ2n) is 3.90. The van der Waals surface area contributed by atoms with Gasteiger partial charge in [-0.05, 0) is 25.2 Å². The van der Waals surface area contributed by atoms with Crippen LogP contribution < -0.4 is 5.32 Å². The molecule has 1 fully saturated rings. The van der Waals surface area contributed by atoms with Gasteiger partial charge >= 0.3 is 0 Å². The van der Waals surface area contributed by atoms with Gasteiger partial charge in [-0.3, -0.25) is 4.68 Å². The van der Waals surface area contributed by atoms with Crippen LogP contribution in [0.25, 0.3) is 0 Å². The van der Waals surface area contributed by atoms with E-state index in [0.717, 1.165) is 11.6 Å². The van der Waals surface area contributed by atoms with E-state index in [1.165, 1.54) is 19.3 Å². The minimum atomic E-state index is 0.657. The van der Waals surface area contributed by atoms with Crippen LogP contribution in [0.15, 0.2) is 12.4 Å². The molecule has 72 valence electrons. The Hall–Kier alpha value is -0.990. The molecule has 0 radical (unpaired) electrons. The second-order valence-corrected chi connectivity index (χ2v) is 3.90. The predicted molar refractivity (Wildman–Crippen MR) is 53.6 cm³/mol. The van der Waals surface area contributed by atoms with Crippen LogP contribution in [0, 0.1) is 5.92 Å². The summed E-state index contributed by atoms with van der Waals surface area (Å²) in [5.74, 6) is 0.908. The molecule has 0 aliphatic heterocycles. The first-order valence-electron chi connectivity index (χ1n) is 5.04. The van der Waals surface area contributed by atoms with Gasteiger partial charge in [0.2, 0.25) is 0 Å². The van der Waals surface area contributed by atoms with Crippen LogP contribution in [-0.2, 0) is 7.05 Å². The molecule has 0 saturated heterocycles. The zero-order valence-corrected chi connectivity index (χ0v) is 8.33. The molecule has 3 heteroatoms. The van der Waals surface area contributed by atoms with Gasteiger partial charge in [0.1, 0.15) is 0 Å². The molecule has 1 atom stereocenters. The van der Waals surface area contributed by atoms with Crippen molar-refractivity contribution in [3.63, 3.8) is 0 Å². The molecule has 0 bridgehead atoms. The fourth-order valence-corrected chi connectivity index (χ4v) is 1.76. The van der Waals surface area contributed by atoms with Crippen molar-refractivity contribution in [2.45, 2.75) is 32.2 Å². The van der Waals surface area contributed by atoms with Crippen molar-refractivity contribution in [1.82, 2.24) is 9.78 Å². The minimum Gasteiger partial charge on any atom is -0.380 e. The predicted octanol–water partition coefficient (Wildman–Crippen LogP) is 2.02. The van der Waals surface area contributed by atoms with E-state index >= 15 is 0 Å². The molecular weight excluding hydrogens is 162 g/mol. The number of rotatable bonds is 4. The Morgan fingerprint density at radius 2 is 2.46 bits per heavy atom. The lowest BCUT2D eigenvalue weighted by Gasteiger charge is -2.15. The third-order valence-corrected chi connectivity index (χ3v) is 2.69. The number of nitrogens with one attached hydrogen (secondary N) is 1. The molecular formula is C10H17N3. The van der Waals surface area contributed by atoms with Gasteiger partial charge in [-0.15, -0.1) is 0 Å². The first-order chi connectivity index (χ1) is 6.29. The highest BCUT2D eigenvalue weighted by Crippen LogP contribution is 2.35. The molecule has 1 aromatic rings. The van der Waals surface area contributed by atoms with Crippen LogP contribution in [0.2, 0.25) is 0 Å². The Balaban J connectivity index is 1.95. The van der Waals surface area contributed by atoms with Gasteiger partial charge in [0, 0.05) is 19.3 Å². The Kier molecular flexibility index (Phi) is 2.25. The summed E-state index contributed by atoms with van der Waals surface area (Å²) in [6.07, 6.45) is 7.92. The van der Waals surface area contributed by atoms with E-state index in [1.807, 2.05) is 24.1 Å². The molecule has 2 rings (SSSR count). The van der Waals surface area contributed by atoms with Crippen molar-refractivity contribution in [3.05, 3.63) is 12.4 Å². The topological polar surface area (TPSA) is 29.9 Å². The highest BCUT2D eigenvalue weighted by molar-refractivity contribution is 5.39. The summed E-state index contributed by atoms with van der Waals surface area (Å²) in [4.78, 5) is 0. The van der Waals surface area contributed by atoms with E-state index in [-0.39, 0.29) is 0 Å². The van der Waals surface area contributed by atoms with Crippen molar-refractivity contribution in [2.24, 2.45) is 13.0 Å². The van der Waals surface area contributed by atoms with E-state index in [1.54, 1.807) is 0 Å². The minimum absolute atomic E-state index is 0.657. The number of anilines is 1. The number of nitrogens with zero attached hydrogens (tertiary/aromatic N) is 2. The molecule has 1 aliphatic carbocycles. The maximum atomic E-state index is 4.14. The molecule has 0 aromatic carbocycles. The first-order valence-corrected chi connectivity index (χ1v) is 5.04. The summed E-state index contributed by atoms with van der Waals surface area (Å²) in [5.41, 5.74) is 1.15. The van der Waals surface area contributed by atoms with E-state index in [2.05, 4.69) is 17.3 Å². The lowest BCUT2D eigenvalue weighted by molar-refractivity contribution is 0.616. The van der Waals surface area contributed by atoms with Gasteiger partial charge in [0.05, 0.1) is 11.9 Å². The van der Waals surface area contributed by atoms with Gasteiger partial charge in [-0.1, -0.05) is 6.92 Å². The molecule has 13 heavy (non-hydrogen) atoms. The largest absolute Gasteiger partial charge is 0.380 e. The van der Waals surface area contributed by atoms with Crippen molar-refractivity contribution < 1.29 is 0 Å². The lowest BCUT2D eigenvalue weighted by Crippen LogP contribution is -2.20. The Morgan fingerprint density at radius 1 is 1.69 bits per heavy atom. The van der Waals surface area contributed by atoms with Crippen LogP contribution in [0.4, 0.5) is 5.69 Å². The number of aryl methyl sites for hydroxylation is 1. The second kappa shape index (κ2) is 3.40. The van der Waals surface area contributed by atoms with Gasteiger partial charge in [-0.25, -0.2) is 0 Å². The molecule has 1 aliphatic rings. The normalized spacial score (nSPS) is 18.6. The van der Waals surface area contributed by atoms with Crippen LogP contribution in [0.1, 0.15) is 26.2 Å². The molecule has 1 N–H and O–H groups in total. The third-order valence-electron chi connectivity index (χ3n) is 2.69. The molecule has 1 saturated carbocycles. The molecule has 3 nitrogen and oxygen atoms in total. The van der Waals surface area contributed by atoms with Crippen LogP contribution in [-0.4, -0.2) is 15.8 Å². The highest BCUT2D eigenvalue weighted by atomic mass is 15.3. The summed E-state index contributed by atoms with van der Waals surface area (Å²) in [7, 11) is 1.95. The van der Waals surface area contributed by atoms with Crippen molar-refractivity contribution >= 4 is 5.69 Å². The van der Waals surface area contributed by atoms with Crippen molar-refractivity contribution in [2.75, 3.05) is 5.32 Å². The SMILES string of the molecule is CCC(Nc1cnn(C)c1)C1CC1. The Morgan fingerprint density at radius 3 is 2.92 bits per heavy atom. The van der Waals surface area contributed by atoms with E-state index in [4.69, 9.17) is 0 Å². The molecule has 0 amide bonds. The Bertz CT molecular complexity index is 275. The number of hydrogen-bond donors (Lipinski definition) is 1. The standard InChI is InChI=1S/C10H17N3/c1-3-10(8-4-5-8)12-9-6-11-13(2)7-9/h6-8,10,12H,3-5H2,1-2H3. The zero-order chi connectivity index (χ0) is 9.26. The van der Waals surface area contributed by atoms with E-state index < -0.39 is 0 Å². The quantitative estimate of drug-likeness (QED) is 0.766. The zero-order valence-electron chi connectivity index (χ0n) is 8.33. The van der Waals surface area contributed by atoms with Gasteiger partial charge < -0.3 is 5.32 Å². The summed E-state index contributed by atoms with van der Waals surface area (Å²) < 4.78 is 1.84. The van der Waals surface area contributed by atoms with Crippen LogP contribution in [0.5, 0.6) is 0 Å². The van der Waals surface area contributed by atoms with Crippen LogP contribution >= 0.6 is 0 Å². The summed E-state index contributed by atoms with van der Waals surface area (Å²) >= 11 is 0. The van der Waals surface area contributed by atoms with Gasteiger partial charge in [-0.2, -0.15) is 5.10 Å². The fraction of sp³-hybridized carbons (Fsp3) is 0.700. The lowest BCUT2D eigenvalue weighted by atomic mass is 10.1. The Labute approximate surface area is 79.1 Å². The van der Waals surface area contributed by atoms with Gasteiger partial charge in [0.25, 0.3) is 0 Å².